The summed E-state index contributed by atoms with van der Waals surface area (Å²) in [7, 11) is -4.62. The maximum absolute atomic E-state index is 12.7. The second-order valence-electron chi connectivity index (χ2n) is 18.6. The Morgan fingerprint density at radius 2 is 0.800 bits per heavy atom. The lowest BCUT2D eigenvalue weighted by molar-refractivity contribution is -0.161. The first-order valence-electron chi connectivity index (χ1n) is 27.3. The summed E-state index contributed by atoms with van der Waals surface area (Å²) in [6.45, 7) is 2.41. The summed E-state index contributed by atoms with van der Waals surface area (Å²) in [5.41, 5.74) is 0. The summed E-state index contributed by atoms with van der Waals surface area (Å²) in [6.07, 6.45) is 54.3. The van der Waals surface area contributed by atoms with Gasteiger partial charge in [0.1, 0.15) is 12.7 Å². The summed E-state index contributed by atoms with van der Waals surface area (Å²) in [6, 6.07) is 0. The Balaban J connectivity index is 4.10. The second-order valence-corrected chi connectivity index (χ2v) is 20.1. The SMILES string of the molecule is CCCCC/C=C/C/C=C/CCCCCCCCCCCC(=O)O[C@H](COC(=O)CCCCCCCCCCCCCCCCCCCCCCCCC)COP(=O)(O)OC[C@@H](O)CO. The lowest BCUT2D eigenvalue weighted by Gasteiger charge is -2.20. The molecule has 0 aromatic heterocycles. The Hall–Kier alpha value is -1.55. The smallest absolute Gasteiger partial charge is 0.462 e. The minimum absolute atomic E-state index is 0.183. The fraction of sp³-hybridized carbons (Fsp3) is 0.889. The van der Waals surface area contributed by atoms with Gasteiger partial charge in [-0.25, -0.2) is 4.57 Å². The number of aliphatic hydroxyl groups excluding tert-OH is 2. The zero-order valence-corrected chi connectivity index (χ0v) is 43.1. The molecule has 0 aromatic rings. The van der Waals surface area contributed by atoms with Crippen molar-refractivity contribution in [2.24, 2.45) is 0 Å². The van der Waals surface area contributed by atoms with Crippen molar-refractivity contribution in [3.8, 4) is 0 Å². The number of phosphoric ester groups is 1. The Morgan fingerprint density at radius 1 is 0.462 bits per heavy atom. The maximum Gasteiger partial charge on any atom is 0.472 e. The Morgan fingerprint density at radius 3 is 1.22 bits per heavy atom. The molecule has 0 aromatic carbocycles. The van der Waals surface area contributed by atoms with Crippen LogP contribution < -0.4 is 0 Å². The van der Waals surface area contributed by atoms with E-state index in [2.05, 4.69) is 38.2 Å². The van der Waals surface area contributed by atoms with Crippen LogP contribution in [0.3, 0.4) is 0 Å². The average molecular weight is 943 g/mol. The van der Waals surface area contributed by atoms with Crippen LogP contribution in [0.2, 0.25) is 0 Å². The van der Waals surface area contributed by atoms with Crippen molar-refractivity contribution in [1.82, 2.24) is 0 Å². The van der Waals surface area contributed by atoms with E-state index in [9.17, 15) is 24.2 Å². The van der Waals surface area contributed by atoms with E-state index in [4.69, 9.17) is 23.6 Å². The van der Waals surface area contributed by atoms with Gasteiger partial charge in [0.25, 0.3) is 0 Å². The molecule has 3 atom stereocenters. The Labute approximate surface area is 399 Å². The van der Waals surface area contributed by atoms with E-state index in [1.165, 1.54) is 180 Å². The molecule has 65 heavy (non-hydrogen) atoms. The van der Waals surface area contributed by atoms with Gasteiger partial charge in [0.05, 0.1) is 19.8 Å². The van der Waals surface area contributed by atoms with Crippen molar-refractivity contribution in [1.29, 1.82) is 0 Å². The first-order chi connectivity index (χ1) is 31.7. The fourth-order valence-corrected chi connectivity index (χ4v) is 8.70. The molecular weight excluding hydrogens is 840 g/mol. The standard InChI is InChI=1S/C54H103O10P/c1-3-5-7-9-11-13-15-17-19-21-23-24-25-26-28-29-31-33-35-37-39-41-43-45-53(57)61-49-52(50-63-65(59,60)62-48-51(56)47-55)64-54(58)46-44-42-40-38-36-34-32-30-27-22-20-18-16-14-12-10-8-6-4-2/h12,14,18,20,51-52,55-56H,3-11,13,15-17,19,21-50H2,1-2H3,(H,59,60)/b14-12+,20-18+/t51-,52+/m0/s1. The second kappa shape index (κ2) is 50.3. The molecule has 0 heterocycles. The van der Waals surface area contributed by atoms with E-state index < -0.39 is 51.8 Å². The summed E-state index contributed by atoms with van der Waals surface area (Å²) >= 11 is 0. The van der Waals surface area contributed by atoms with Crippen molar-refractivity contribution >= 4 is 19.8 Å². The largest absolute Gasteiger partial charge is 0.472 e. The highest BCUT2D eigenvalue weighted by molar-refractivity contribution is 7.47. The average Bonchev–Trinajstić information content (AvgIpc) is 3.30. The van der Waals surface area contributed by atoms with Gasteiger partial charge in [0, 0.05) is 12.8 Å². The van der Waals surface area contributed by atoms with Crippen LogP contribution in [-0.2, 0) is 32.7 Å². The lowest BCUT2D eigenvalue weighted by atomic mass is 10.0. The quantitative estimate of drug-likeness (QED) is 0.0233. The number of ether oxygens (including phenoxy) is 2. The first-order valence-corrected chi connectivity index (χ1v) is 28.8. The number of hydrogen-bond donors (Lipinski definition) is 3. The van der Waals surface area contributed by atoms with Gasteiger partial charge in [-0.05, 0) is 44.9 Å². The van der Waals surface area contributed by atoms with E-state index in [1.54, 1.807) is 0 Å². The van der Waals surface area contributed by atoms with Crippen LogP contribution in [-0.4, -0.2) is 65.7 Å². The number of allylic oxidation sites excluding steroid dienone is 4. The van der Waals surface area contributed by atoms with Crippen molar-refractivity contribution in [3.63, 3.8) is 0 Å². The predicted octanol–water partition coefficient (Wildman–Crippen LogP) is 15.7. The molecule has 0 aliphatic carbocycles. The van der Waals surface area contributed by atoms with Crippen LogP contribution in [0.15, 0.2) is 24.3 Å². The van der Waals surface area contributed by atoms with Crippen molar-refractivity contribution < 1.29 is 47.8 Å². The van der Waals surface area contributed by atoms with Crippen LogP contribution in [0.1, 0.15) is 271 Å². The molecule has 0 radical (unpaired) electrons. The van der Waals surface area contributed by atoms with E-state index in [0.29, 0.717) is 12.8 Å². The molecule has 0 rings (SSSR count). The van der Waals surface area contributed by atoms with Gasteiger partial charge in [-0.15, -0.1) is 0 Å². The number of unbranched alkanes of at least 4 members (excludes halogenated alkanes) is 34. The third kappa shape index (κ3) is 50.2. The lowest BCUT2D eigenvalue weighted by Crippen LogP contribution is -2.29. The zero-order chi connectivity index (χ0) is 47.6. The van der Waals surface area contributed by atoms with Gasteiger partial charge in [0.2, 0.25) is 0 Å². The minimum atomic E-state index is -4.62. The molecule has 0 fully saturated rings. The molecule has 0 spiro atoms. The molecule has 1 unspecified atom stereocenters. The number of hydrogen-bond acceptors (Lipinski definition) is 9. The first kappa shape index (κ1) is 63.5. The van der Waals surface area contributed by atoms with Crippen LogP contribution >= 0.6 is 7.82 Å². The molecule has 10 nitrogen and oxygen atoms in total. The van der Waals surface area contributed by atoms with E-state index in [-0.39, 0.29) is 19.4 Å². The van der Waals surface area contributed by atoms with Gasteiger partial charge in [0.15, 0.2) is 6.10 Å². The fourth-order valence-electron chi connectivity index (χ4n) is 7.91. The monoisotopic (exact) mass is 943 g/mol. The van der Waals surface area contributed by atoms with Crippen LogP contribution in [0.4, 0.5) is 0 Å². The van der Waals surface area contributed by atoms with Gasteiger partial charge in [-0.1, -0.05) is 237 Å². The Bertz CT molecular complexity index is 1130. The molecule has 0 amide bonds. The summed E-state index contributed by atoms with van der Waals surface area (Å²) < 4.78 is 32.9. The normalized spacial score (nSPS) is 13.7. The van der Waals surface area contributed by atoms with Gasteiger partial charge >= 0.3 is 19.8 Å². The number of carbonyl (C=O) groups excluding carboxylic acids is 2. The minimum Gasteiger partial charge on any atom is -0.462 e. The highest BCUT2D eigenvalue weighted by Crippen LogP contribution is 2.43. The third-order valence-electron chi connectivity index (χ3n) is 12.1. The van der Waals surface area contributed by atoms with Gasteiger partial charge in [-0.3, -0.25) is 18.6 Å². The molecule has 384 valence electrons. The zero-order valence-electron chi connectivity index (χ0n) is 42.2. The van der Waals surface area contributed by atoms with Crippen molar-refractivity contribution in [3.05, 3.63) is 24.3 Å². The molecule has 0 bridgehead atoms. The summed E-state index contributed by atoms with van der Waals surface area (Å²) in [5.74, 6) is -0.914. The molecule has 0 aliphatic rings. The molecule has 0 aliphatic heterocycles. The summed E-state index contributed by atoms with van der Waals surface area (Å²) in [4.78, 5) is 35.2. The van der Waals surface area contributed by atoms with Crippen LogP contribution in [0.5, 0.6) is 0 Å². The van der Waals surface area contributed by atoms with Gasteiger partial charge < -0.3 is 24.6 Å². The number of phosphoric acid groups is 1. The number of esters is 2. The van der Waals surface area contributed by atoms with E-state index >= 15 is 0 Å². The van der Waals surface area contributed by atoms with E-state index in [0.717, 1.165) is 51.4 Å². The Kier molecular flexibility index (Phi) is 49.1. The van der Waals surface area contributed by atoms with E-state index in [1.807, 2.05) is 0 Å². The molecule has 11 heteroatoms. The topological polar surface area (TPSA) is 149 Å². The summed E-state index contributed by atoms with van der Waals surface area (Å²) in [5, 5.41) is 18.4. The molecule has 3 N–H and O–H groups in total. The van der Waals surface area contributed by atoms with Crippen molar-refractivity contribution in [2.45, 2.75) is 283 Å². The van der Waals surface area contributed by atoms with Gasteiger partial charge in [-0.2, -0.15) is 0 Å². The number of rotatable bonds is 52. The molecular formula is C54H103O10P. The highest BCUT2D eigenvalue weighted by Gasteiger charge is 2.27. The van der Waals surface area contributed by atoms with Crippen molar-refractivity contribution in [2.75, 3.05) is 26.4 Å². The molecule has 0 saturated heterocycles. The predicted molar refractivity (Wildman–Crippen MR) is 270 cm³/mol. The molecule has 0 saturated carbocycles. The number of carbonyl (C=O) groups is 2. The maximum atomic E-state index is 12.7. The van der Waals surface area contributed by atoms with Crippen LogP contribution in [0.25, 0.3) is 0 Å². The number of aliphatic hydroxyl groups is 2. The van der Waals surface area contributed by atoms with Crippen LogP contribution in [0, 0.1) is 0 Å². The third-order valence-corrected chi connectivity index (χ3v) is 13.1. The highest BCUT2D eigenvalue weighted by atomic mass is 31.2.